The summed E-state index contributed by atoms with van der Waals surface area (Å²) in [5.74, 6) is -0.529. The number of piperazine rings is 1. The van der Waals surface area contributed by atoms with Crippen LogP contribution in [0.5, 0.6) is 5.75 Å². The minimum absolute atomic E-state index is 0.666. The molecule has 0 bridgehead atoms. The van der Waals surface area contributed by atoms with E-state index in [2.05, 4.69) is 33.0 Å². The molecule has 0 aliphatic carbocycles. The molecule has 0 unspecified atom stereocenters. The Labute approximate surface area is 181 Å². The first-order valence-electron chi connectivity index (χ1n) is 11.4. The van der Waals surface area contributed by atoms with Crippen LogP contribution in [-0.2, 0) is 12.8 Å². The molecule has 1 aromatic heterocycles. The second kappa shape index (κ2) is 8.87. The van der Waals surface area contributed by atoms with E-state index >= 15 is 0 Å². The number of benzene rings is 2. The van der Waals surface area contributed by atoms with E-state index in [9.17, 15) is 8.78 Å². The van der Waals surface area contributed by atoms with E-state index < -0.39 is 11.6 Å². The Morgan fingerprint density at radius 1 is 0.968 bits per heavy atom. The van der Waals surface area contributed by atoms with Crippen molar-refractivity contribution < 1.29 is 13.5 Å². The quantitative estimate of drug-likeness (QED) is 0.569. The average molecular weight is 426 g/mol. The van der Waals surface area contributed by atoms with Crippen molar-refractivity contribution in [2.75, 3.05) is 44.2 Å². The maximum atomic E-state index is 13.6. The summed E-state index contributed by atoms with van der Waals surface area (Å²) in [6, 6.07) is 9.17. The van der Waals surface area contributed by atoms with Crippen LogP contribution in [0.3, 0.4) is 0 Å². The molecular weight excluding hydrogens is 396 g/mol. The van der Waals surface area contributed by atoms with Crippen LogP contribution < -0.4 is 9.64 Å². The van der Waals surface area contributed by atoms with Crippen molar-refractivity contribution in [1.82, 2.24) is 9.88 Å². The van der Waals surface area contributed by atoms with Crippen molar-refractivity contribution in [1.29, 1.82) is 0 Å². The largest absolute Gasteiger partial charge is 0.493 e. The van der Waals surface area contributed by atoms with E-state index in [1.165, 1.54) is 23.4 Å². The van der Waals surface area contributed by atoms with E-state index in [0.717, 1.165) is 88.1 Å². The number of nitrogens with one attached hydrogen (secondary N) is 1. The molecule has 1 N–H and O–H groups in total. The fourth-order valence-electron chi connectivity index (χ4n) is 4.81. The number of halogens is 2. The van der Waals surface area contributed by atoms with Gasteiger partial charge in [-0.2, -0.15) is 0 Å². The molecule has 31 heavy (non-hydrogen) atoms. The summed E-state index contributed by atoms with van der Waals surface area (Å²) in [5.41, 5.74) is 4.38. The fourth-order valence-corrected chi connectivity index (χ4v) is 4.81. The minimum Gasteiger partial charge on any atom is -0.493 e. The van der Waals surface area contributed by atoms with E-state index in [4.69, 9.17) is 4.74 Å². The molecule has 1 saturated heterocycles. The summed E-state index contributed by atoms with van der Waals surface area (Å²) in [5, 5.41) is 0.794. The smallest absolute Gasteiger partial charge is 0.160 e. The van der Waals surface area contributed by atoms with E-state index in [1.54, 1.807) is 0 Å². The van der Waals surface area contributed by atoms with Gasteiger partial charge in [-0.1, -0.05) is 0 Å². The molecule has 2 aliphatic rings. The maximum Gasteiger partial charge on any atom is 0.160 e. The standard InChI is InChI=1S/C25H29F2N3O/c26-22-15-21-19(17-28-24(21)16-23(22)27)4-1-2-8-29-9-11-30(12-10-29)20-6-7-25-18(14-20)5-3-13-31-25/h6-7,14-17,28H,1-5,8-13H2. The van der Waals surface area contributed by atoms with Crippen molar-refractivity contribution in [3.63, 3.8) is 0 Å². The van der Waals surface area contributed by atoms with Gasteiger partial charge in [0.15, 0.2) is 11.6 Å². The van der Waals surface area contributed by atoms with Gasteiger partial charge in [0.25, 0.3) is 0 Å². The van der Waals surface area contributed by atoms with Crippen LogP contribution in [0.4, 0.5) is 14.5 Å². The predicted octanol–water partition coefficient (Wildman–Crippen LogP) is 4.92. The molecule has 164 valence electrons. The number of hydrogen-bond donors (Lipinski definition) is 1. The number of anilines is 1. The molecule has 3 heterocycles. The zero-order valence-electron chi connectivity index (χ0n) is 17.8. The fraction of sp³-hybridized carbons (Fsp3) is 0.440. The minimum atomic E-state index is -0.802. The first-order valence-corrected chi connectivity index (χ1v) is 11.4. The Morgan fingerprint density at radius 3 is 2.68 bits per heavy atom. The van der Waals surface area contributed by atoms with Gasteiger partial charge in [0.1, 0.15) is 5.75 Å². The summed E-state index contributed by atoms with van der Waals surface area (Å²) < 4.78 is 32.7. The van der Waals surface area contributed by atoms with Gasteiger partial charge in [-0.25, -0.2) is 8.78 Å². The second-order valence-electron chi connectivity index (χ2n) is 8.66. The highest BCUT2D eigenvalue weighted by molar-refractivity contribution is 5.83. The number of nitrogens with zero attached hydrogens (tertiary/aromatic N) is 2. The maximum absolute atomic E-state index is 13.6. The highest BCUT2D eigenvalue weighted by Gasteiger charge is 2.19. The highest BCUT2D eigenvalue weighted by atomic mass is 19.2. The average Bonchev–Trinajstić information content (AvgIpc) is 3.18. The Bertz CT molecular complexity index is 1060. The number of aryl methyl sites for hydroxylation is 2. The first kappa shape index (κ1) is 20.3. The Morgan fingerprint density at radius 2 is 1.81 bits per heavy atom. The van der Waals surface area contributed by atoms with Crippen LogP contribution in [0.25, 0.3) is 10.9 Å². The van der Waals surface area contributed by atoms with Crippen molar-refractivity contribution >= 4 is 16.6 Å². The molecule has 1 fully saturated rings. The van der Waals surface area contributed by atoms with Crippen molar-refractivity contribution in [3.05, 3.63) is 59.3 Å². The van der Waals surface area contributed by atoms with Gasteiger partial charge in [-0.15, -0.1) is 0 Å². The second-order valence-corrected chi connectivity index (χ2v) is 8.66. The number of unbranched alkanes of at least 4 members (excludes halogenated alkanes) is 1. The summed E-state index contributed by atoms with van der Waals surface area (Å²) in [7, 11) is 0. The third-order valence-corrected chi connectivity index (χ3v) is 6.61. The lowest BCUT2D eigenvalue weighted by Crippen LogP contribution is -2.46. The molecule has 6 heteroatoms. The van der Waals surface area contributed by atoms with E-state index in [0.29, 0.717) is 5.52 Å². The predicted molar refractivity (Wildman–Crippen MR) is 120 cm³/mol. The first-order chi connectivity index (χ1) is 15.2. The third kappa shape index (κ3) is 4.40. The topological polar surface area (TPSA) is 31.5 Å². The lowest BCUT2D eigenvalue weighted by atomic mass is 10.0. The van der Waals surface area contributed by atoms with Crippen LogP contribution in [0, 0.1) is 11.6 Å². The van der Waals surface area contributed by atoms with Gasteiger partial charge in [0.2, 0.25) is 0 Å². The summed E-state index contributed by atoms with van der Waals surface area (Å²) in [4.78, 5) is 8.06. The number of H-pyrrole nitrogens is 1. The molecule has 0 amide bonds. The molecule has 0 spiro atoms. The van der Waals surface area contributed by atoms with Crippen LogP contribution in [0.15, 0.2) is 36.5 Å². The number of hydrogen-bond acceptors (Lipinski definition) is 3. The number of aromatic amines is 1. The molecular formula is C25H29F2N3O. The van der Waals surface area contributed by atoms with Crippen molar-refractivity contribution in [2.24, 2.45) is 0 Å². The van der Waals surface area contributed by atoms with Gasteiger partial charge in [0.05, 0.1) is 6.61 Å². The Hall–Kier alpha value is -2.60. The van der Waals surface area contributed by atoms with E-state index in [-0.39, 0.29) is 0 Å². The van der Waals surface area contributed by atoms with Gasteiger partial charge < -0.3 is 14.6 Å². The SMILES string of the molecule is Fc1cc2[nH]cc(CCCCN3CCN(c4ccc5c(c4)CCCO5)CC3)c2cc1F. The van der Waals surface area contributed by atoms with Crippen molar-refractivity contribution in [3.8, 4) is 5.75 Å². The highest BCUT2D eigenvalue weighted by Crippen LogP contribution is 2.29. The number of fused-ring (bicyclic) bond motifs is 2. The van der Waals surface area contributed by atoms with Gasteiger partial charge >= 0.3 is 0 Å². The molecule has 0 saturated carbocycles. The van der Waals surface area contributed by atoms with Gasteiger partial charge in [-0.05, 0) is 74.0 Å². The van der Waals surface area contributed by atoms with Gasteiger partial charge in [0, 0.05) is 55.0 Å². The summed E-state index contributed by atoms with van der Waals surface area (Å²) in [6.07, 6.45) is 7.12. The number of aromatic nitrogens is 1. The number of rotatable bonds is 6. The molecule has 2 aromatic carbocycles. The molecule has 5 rings (SSSR count). The third-order valence-electron chi connectivity index (χ3n) is 6.61. The summed E-state index contributed by atoms with van der Waals surface area (Å²) >= 11 is 0. The summed E-state index contributed by atoms with van der Waals surface area (Å²) in [6.45, 7) is 6.16. The van der Waals surface area contributed by atoms with Crippen molar-refractivity contribution in [2.45, 2.75) is 32.1 Å². The Kier molecular flexibility index (Phi) is 5.81. The molecule has 0 atom stereocenters. The lowest BCUT2D eigenvalue weighted by molar-refractivity contribution is 0.253. The van der Waals surface area contributed by atoms with Crippen LogP contribution >= 0.6 is 0 Å². The van der Waals surface area contributed by atoms with Crippen LogP contribution in [-0.4, -0.2) is 49.2 Å². The molecule has 3 aromatic rings. The molecule has 0 radical (unpaired) electrons. The lowest BCUT2D eigenvalue weighted by Gasteiger charge is -2.36. The zero-order chi connectivity index (χ0) is 21.2. The molecule has 4 nitrogen and oxygen atoms in total. The normalized spacial score (nSPS) is 17.0. The molecule has 2 aliphatic heterocycles. The van der Waals surface area contributed by atoms with Gasteiger partial charge in [-0.3, -0.25) is 4.90 Å². The van der Waals surface area contributed by atoms with E-state index in [1.807, 2.05) is 6.20 Å². The zero-order valence-corrected chi connectivity index (χ0v) is 17.8. The van der Waals surface area contributed by atoms with Crippen LogP contribution in [0.1, 0.15) is 30.4 Å². The Balaban J connectivity index is 1.08. The monoisotopic (exact) mass is 425 g/mol. The number of ether oxygens (including phenoxy) is 1. The van der Waals surface area contributed by atoms with Crippen LogP contribution in [0.2, 0.25) is 0 Å².